The molecule has 0 aromatic carbocycles. The molecule has 1 aliphatic rings. The molecular weight excluding hydrogens is 819 g/mol. The Labute approximate surface area is 369 Å². The van der Waals surface area contributed by atoms with Gasteiger partial charge in [0.05, 0.1) is 6.61 Å². The van der Waals surface area contributed by atoms with Crippen molar-refractivity contribution in [3.63, 3.8) is 0 Å². The third-order valence-electron chi connectivity index (χ3n) is 11.3. The lowest BCUT2D eigenvalue weighted by Gasteiger charge is -2.26. The molecule has 0 aliphatic carbocycles. The summed E-state index contributed by atoms with van der Waals surface area (Å²) in [5, 5.41) is 32.0. The van der Waals surface area contributed by atoms with Gasteiger partial charge in [-0.15, -0.1) is 0 Å². The third-order valence-corrected chi connectivity index (χ3v) is 12.8. The number of hydrogen-bond donors (Lipinski definition) is 5. The van der Waals surface area contributed by atoms with E-state index in [9.17, 15) is 44.0 Å². The maximum Gasteiger partial charge on any atom is 0.359 e. The van der Waals surface area contributed by atoms with Crippen molar-refractivity contribution in [2.24, 2.45) is 0 Å². The van der Waals surface area contributed by atoms with E-state index < -0.39 is 80.5 Å². The zero-order chi connectivity index (χ0) is 45.4. The quantitative estimate of drug-likeness (QED) is 0.0182. The summed E-state index contributed by atoms with van der Waals surface area (Å²) in [5.74, 6) is -3.54. The van der Waals surface area contributed by atoms with E-state index >= 15 is 0 Å². The number of esters is 2. The van der Waals surface area contributed by atoms with Crippen molar-refractivity contribution in [1.82, 2.24) is 9.55 Å². The van der Waals surface area contributed by atoms with Crippen molar-refractivity contribution < 1.29 is 53.1 Å². The van der Waals surface area contributed by atoms with Crippen LogP contribution in [0.2, 0.25) is 0 Å². The number of aromatic nitrogens is 2. The fourth-order valence-electron chi connectivity index (χ4n) is 7.49. The van der Waals surface area contributed by atoms with E-state index in [0.717, 1.165) is 74.6 Å². The number of nitrogens with one attached hydrogen (secondary N) is 1. The summed E-state index contributed by atoms with van der Waals surface area (Å²) in [6, 6.07) is 0.971. The minimum absolute atomic E-state index is 0.0759. The van der Waals surface area contributed by atoms with Gasteiger partial charge in [0.25, 0.3) is 5.56 Å². The molecule has 1 fully saturated rings. The van der Waals surface area contributed by atoms with Gasteiger partial charge < -0.3 is 38.9 Å². The van der Waals surface area contributed by atoms with Gasteiger partial charge in [0.15, 0.2) is 18.2 Å². The molecular formula is C46H81N2O13P. The van der Waals surface area contributed by atoms with Crippen LogP contribution in [0.15, 0.2) is 34.0 Å². The maximum atomic E-state index is 13.3. The molecule has 1 aromatic rings. The topological polar surface area (TPSA) is 224 Å². The van der Waals surface area contributed by atoms with Gasteiger partial charge in [-0.3, -0.25) is 28.5 Å². The lowest BCUT2D eigenvalue weighted by Crippen LogP contribution is -2.40. The number of H-pyrrole nitrogens is 1. The first-order valence-corrected chi connectivity index (χ1v) is 25.5. The zero-order valence-electron chi connectivity index (χ0n) is 37.8. The number of carbonyl (C=O) groups excluding carboxylic acids is 2. The highest BCUT2D eigenvalue weighted by molar-refractivity contribution is 7.53. The molecule has 15 nitrogen and oxygen atoms in total. The van der Waals surface area contributed by atoms with Crippen LogP contribution in [0.4, 0.5) is 0 Å². The fraction of sp³-hybridized carbons (Fsp3) is 0.826. The molecule has 62 heavy (non-hydrogen) atoms. The minimum Gasteiger partial charge on any atom is -0.462 e. The van der Waals surface area contributed by atoms with E-state index in [1.807, 2.05) is 4.98 Å². The number of aliphatic hydroxyl groups excluding tert-OH is 3. The van der Waals surface area contributed by atoms with E-state index in [0.29, 0.717) is 12.8 Å². The highest BCUT2D eigenvalue weighted by Gasteiger charge is 2.52. The number of allylic oxidation sites excluding steroid dienone is 2. The Morgan fingerprint density at radius 2 is 1.19 bits per heavy atom. The second kappa shape index (κ2) is 33.8. The Balaban J connectivity index is 1.82. The molecule has 0 radical (unpaired) electrons. The smallest absolute Gasteiger partial charge is 0.359 e. The highest BCUT2D eigenvalue weighted by atomic mass is 31.2. The van der Waals surface area contributed by atoms with Gasteiger partial charge in [-0.1, -0.05) is 154 Å². The first-order chi connectivity index (χ1) is 29.9. The molecule has 358 valence electrons. The third kappa shape index (κ3) is 23.9. The lowest BCUT2D eigenvalue weighted by molar-refractivity contribution is -0.161. The molecule has 16 heteroatoms. The second-order valence-corrected chi connectivity index (χ2v) is 18.8. The zero-order valence-corrected chi connectivity index (χ0v) is 38.7. The van der Waals surface area contributed by atoms with Crippen molar-refractivity contribution in [2.45, 2.75) is 230 Å². The van der Waals surface area contributed by atoms with Crippen molar-refractivity contribution in [1.29, 1.82) is 0 Å². The number of unbranched alkanes of at least 4 members (excludes halogenated alkanes) is 23. The minimum atomic E-state index is -5.10. The Morgan fingerprint density at radius 1 is 0.726 bits per heavy atom. The van der Waals surface area contributed by atoms with Gasteiger partial charge >= 0.3 is 25.2 Å². The first kappa shape index (κ1) is 55.5. The maximum absolute atomic E-state index is 13.3. The number of ether oxygens (including phenoxy) is 3. The number of aliphatic hydroxyl groups is 3. The highest BCUT2D eigenvalue weighted by Crippen LogP contribution is 2.51. The summed E-state index contributed by atoms with van der Waals surface area (Å²) in [4.78, 5) is 62.0. The van der Waals surface area contributed by atoms with E-state index in [-0.39, 0.29) is 12.8 Å². The van der Waals surface area contributed by atoms with Crippen LogP contribution in [-0.2, 0) is 32.9 Å². The van der Waals surface area contributed by atoms with Crippen LogP contribution in [0.25, 0.3) is 0 Å². The molecule has 2 rings (SSSR count). The van der Waals surface area contributed by atoms with Crippen molar-refractivity contribution in [3.8, 4) is 0 Å². The van der Waals surface area contributed by atoms with Gasteiger partial charge in [0.1, 0.15) is 24.9 Å². The fourth-order valence-corrected chi connectivity index (χ4v) is 8.64. The predicted octanol–water partition coefficient (Wildman–Crippen LogP) is 8.65. The molecule has 0 saturated carbocycles. The largest absolute Gasteiger partial charge is 0.462 e. The summed E-state index contributed by atoms with van der Waals surface area (Å²) >= 11 is 0. The standard InChI is InChI=1S/C46H81N2O13P/c1-3-5-7-9-11-13-15-17-18-20-22-24-26-28-30-32-40(51)60-37(35-58-39(50)31-29-27-25-23-21-19-16-14-12-10-8-6-4-2)36-59-62(56,57)45(54)43-41(52)42(53)44(61-43)48-34-33-38(49)47-46(48)55/h17-18,33-34,37,41-45,52-54H,3-16,19-32,35-36H2,1-2H3,(H,56,57)(H,47,49,55)/b18-17-/t37-,41+,42-,43+,44-,45?/m1/s1. The van der Waals surface area contributed by atoms with Crippen molar-refractivity contribution in [3.05, 3.63) is 45.3 Å². The molecule has 1 aliphatic heterocycles. The van der Waals surface area contributed by atoms with Crippen LogP contribution in [0, 0.1) is 0 Å². The van der Waals surface area contributed by atoms with Gasteiger partial charge in [-0.25, -0.2) is 4.79 Å². The summed E-state index contributed by atoms with van der Waals surface area (Å²) in [7, 11) is -5.10. The van der Waals surface area contributed by atoms with Crippen molar-refractivity contribution >= 4 is 19.5 Å². The van der Waals surface area contributed by atoms with Crippen LogP contribution in [-0.4, -0.2) is 85.2 Å². The van der Waals surface area contributed by atoms with Gasteiger partial charge in [0, 0.05) is 25.1 Å². The molecule has 1 saturated heterocycles. The lowest BCUT2D eigenvalue weighted by atomic mass is 10.0. The van der Waals surface area contributed by atoms with Crippen LogP contribution in [0.1, 0.15) is 200 Å². The molecule has 2 unspecified atom stereocenters. The van der Waals surface area contributed by atoms with Crippen LogP contribution in [0.3, 0.4) is 0 Å². The molecule has 5 N–H and O–H groups in total. The first-order valence-electron chi connectivity index (χ1n) is 23.9. The average Bonchev–Trinajstić information content (AvgIpc) is 3.53. The Bertz CT molecular complexity index is 1530. The van der Waals surface area contributed by atoms with Crippen LogP contribution >= 0.6 is 7.60 Å². The van der Waals surface area contributed by atoms with E-state index in [1.54, 1.807) is 0 Å². The average molecular weight is 901 g/mol. The van der Waals surface area contributed by atoms with Crippen molar-refractivity contribution in [2.75, 3.05) is 13.2 Å². The number of carbonyl (C=O) groups is 2. The summed E-state index contributed by atoms with van der Waals surface area (Å²) < 4.78 is 35.5. The molecule has 0 spiro atoms. The van der Waals surface area contributed by atoms with Crippen LogP contribution in [0.5, 0.6) is 0 Å². The second-order valence-electron chi connectivity index (χ2n) is 16.9. The van der Waals surface area contributed by atoms with Gasteiger partial charge in [0.2, 0.25) is 0 Å². The monoisotopic (exact) mass is 901 g/mol. The number of nitrogens with zero attached hydrogens (tertiary/aromatic N) is 1. The number of rotatable bonds is 38. The summed E-state index contributed by atoms with van der Waals surface area (Å²) in [6.07, 6.45) is 26.6. The molecule has 7 atom stereocenters. The molecule has 0 bridgehead atoms. The van der Waals surface area contributed by atoms with Gasteiger partial charge in [-0.05, 0) is 38.5 Å². The Morgan fingerprint density at radius 3 is 1.69 bits per heavy atom. The SMILES string of the molecule is CCCCCCCC/C=C\CCCCCCCC(=O)O[C@H](COC(=O)CCCCCCCCCCCCCCC)COP(=O)(O)C(O)[C@H]1O[C@@H](n2ccc(=O)[nH]c2=O)[C@H](O)[C@@H]1O. The Kier molecular flexibility index (Phi) is 30.2. The predicted molar refractivity (Wildman–Crippen MR) is 240 cm³/mol. The molecule has 1 aromatic heterocycles. The van der Waals surface area contributed by atoms with E-state index in [4.69, 9.17) is 18.7 Å². The Hall–Kier alpha value is -2.65. The van der Waals surface area contributed by atoms with Crippen LogP contribution < -0.4 is 11.2 Å². The molecule has 0 amide bonds. The number of hydrogen-bond acceptors (Lipinski definition) is 12. The van der Waals surface area contributed by atoms with E-state index in [2.05, 4.69) is 26.0 Å². The normalized spacial score (nSPS) is 19.7. The summed E-state index contributed by atoms with van der Waals surface area (Å²) in [5.41, 5.74) is -1.71. The van der Waals surface area contributed by atoms with E-state index in [1.165, 1.54) is 96.3 Å². The summed E-state index contributed by atoms with van der Waals surface area (Å²) in [6.45, 7) is 3.25. The molecule has 2 heterocycles. The number of aromatic amines is 1. The van der Waals surface area contributed by atoms with Gasteiger partial charge in [-0.2, -0.15) is 0 Å².